The summed E-state index contributed by atoms with van der Waals surface area (Å²) in [4.78, 5) is 3.86. The lowest BCUT2D eigenvalue weighted by Gasteiger charge is -2.07. The summed E-state index contributed by atoms with van der Waals surface area (Å²) >= 11 is 11.8. The van der Waals surface area contributed by atoms with E-state index in [9.17, 15) is 0 Å². The average molecular weight is 253 g/mol. The molecular weight excluding hydrogens is 247 g/mol. The topological polar surface area (TPSA) is 67.6 Å². The van der Waals surface area contributed by atoms with Crippen molar-refractivity contribution in [3.8, 4) is 11.8 Å². The highest BCUT2D eigenvalue weighted by molar-refractivity contribution is 6.35. The van der Waals surface area contributed by atoms with Crippen LogP contribution in [0, 0.1) is 11.3 Å². The van der Waals surface area contributed by atoms with Crippen molar-refractivity contribution in [2.45, 2.75) is 0 Å². The molecule has 0 aliphatic heterocycles. The van der Waals surface area contributed by atoms with Gasteiger partial charge in [0, 0.05) is 5.02 Å². The molecule has 0 radical (unpaired) electrons. The minimum Gasteiger partial charge on any atom is -0.382 e. The molecule has 0 fully saturated rings. The molecule has 0 unspecified atom stereocenters. The van der Waals surface area contributed by atoms with Crippen LogP contribution < -0.4 is 5.73 Å². The van der Waals surface area contributed by atoms with Gasteiger partial charge in [0.15, 0.2) is 5.69 Å². The number of nitrogens with two attached hydrogens (primary N) is 1. The standard InChI is InChI=1S/C10H6Cl2N4/c11-6-1-2-9(7(12)3-6)16-5-15-8(4-13)10(16)14/h1-3,5H,14H2. The molecule has 0 atom stereocenters. The van der Waals surface area contributed by atoms with E-state index in [2.05, 4.69) is 4.98 Å². The Morgan fingerprint density at radius 2 is 2.12 bits per heavy atom. The van der Waals surface area contributed by atoms with Crippen LogP contribution in [0.5, 0.6) is 0 Å². The maximum atomic E-state index is 8.73. The third-order valence-electron chi connectivity index (χ3n) is 2.08. The fraction of sp³-hybridized carbons (Fsp3) is 0. The zero-order chi connectivity index (χ0) is 11.7. The van der Waals surface area contributed by atoms with Crippen molar-refractivity contribution in [3.63, 3.8) is 0 Å². The van der Waals surface area contributed by atoms with Crippen molar-refractivity contribution in [1.82, 2.24) is 9.55 Å². The Morgan fingerprint density at radius 1 is 1.38 bits per heavy atom. The minimum atomic E-state index is 0.172. The van der Waals surface area contributed by atoms with E-state index in [-0.39, 0.29) is 11.5 Å². The highest BCUT2D eigenvalue weighted by Crippen LogP contribution is 2.26. The van der Waals surface area contributed by atoms with Crippen LogP contribution in [0.4, 0.5) is 5.82 Å². The average Bonchev–Trinajstić information content (AvgIpc) is 2.60. The monoisotopic (exact) mass is 252 g/mol. The Labute approximate surface area is 102 Å². The summed E-state index contributed by atoms with van der Waals surface area (Å²) < 4.78 is 1.54. The second kappa shape index (κ2) is 4.05. The fourth-order valence-corrected chi connectivity index (χ4v) is 1.81. The zero-order valence-electron chi connectivity index (χ0n) is 7.98. The van der Waals surface area contributed by atoms with Gasteiger partial charge in [-0.15, -0.1) is 0 Å². The van der Waals surface area contributed by atoms with Gasteiger partial charge in [0.2, 0.25) is 0 Å². The predicted molar refractivity (Wildman–Crippen MR) is 62.7 cm³/mol. The van der Waals surface area contributed by atoms with E-state index in [0.29, 0.717) is 15.7 Å². The van der Waals surface area contributed by atoms with Crippen LogP contribution in [0.2, 0.25) is 10.0 Å². The van der Waals surface area contributed by atoms with Crippen molar-refractivity contribution in [3.05, 3.63) is 40.3 Å². The van der Waals surface area contributed by atoms with E-state index in [0.717, 1.165) is 0 Å². The van der Waals surface area contributed by atoms with E-state index < -0.39 is 0 Å². The number of benzene rings is 1. The SMILES string of the molecule is N#Cc1ncn(-c2ccc(Cl)cc2Cl)c1N. The number of anilines is 1. The molecule has 0 aliphatic rings. The first-order chi connectivity index (χ1) is 7.63. The van der Waals surface area contributed by atoms with Gasteiger partial charge in [-0.25, -0.2) is 4.98 Å². The lowest BCUT2D eigenvalue weighted by molar-refractivity contribution is 1.07. The van der Waals surface area contributed by atoms with Crippen LogP contribution in [0.3, 0.4) is 0 Å². The van der Waals surface area contributed by atoms with Crippen molar-refractivity contribution >= 4 is 29.0 Å². The quantitative estimate of drug-likeness (QED) is 0.849. The Balaban J connectivity index is 2.60. The van der Waals surface area contributed by atoms with Gasteiger partial charge in [0.05, 0.1) is 10.7 Å². The summed E-state index contributed by atoms with van der Waals surface area (Å²) in [5.74, 6) is 0.256. The van der Waals surface area contributed by atoms with Crippen LogP contribution in [-0.2, 0) is 0 Å². The molecule has 1 heterocycles. The number of hydrogen-bond acceptors (Lipinski definition) is 3. The maximum absolute atomic E-state index is 8.73. The molecule has 0 spiro atoms. The van der Waals surface area contributed by atoms with Gasteiger partial charge in [-0.3, -0.25) is 4.57 Å². The fourth-order valence-electron chi connectivity index (χ4n) is 1.31. The molecule has 0 amide bonds. The van der Waals surface area contributed by atoms with E-state index in [1.54, 1.807) is 18.2 Å². The number of nitrogens with zero attached hydrogens (tertiary/aromatic N) is 3. The molecule has 0 bridgehead atoms. The normalized spacial score (nSPS) is 10.1. The lowest BCUT2D eigenvalue weighted by Crippen LogP contribution is -2.00. The number of rotatable bonds is 1. The second-order valence-electron chi connectivity index (χ2n) is 3.06. The molecule has 6 heteroatoms. The predicted octanol–water partition coefficient (Wildman–Crippen LogP) is 2.63. The molecule has 1 aromatic carbocycles. The minimum absolute atomic E-state index is 0.172. The molecular formula is C10H6Cl2N4. The molecule has 0 aliphatic carbocycles. The third kappa shape index (κ3) is 1.71. The van der Waals surface area contributed by atoms with Crippen LogP contribution in [0.25, 0.3) is 5.69 Å². The van der Waals surface area contributed by atoms with Crippen LogP contribution in [0.15, 0.2) is 24.5 Å². The highest BCUT2D eigenvalue weighted by atomic mass is 35.5. The number of nitriles is 1. The van der Waals surface area contributed by atoms with Crippen LogP contribution >= 0.6 is 23.2 Å². The van der Waals surface area contributed by atoms with E-state index in [4.69, 9.17) is 34.2 Å². The number of nitrogen functional groups attached to an aromatic ring is 1. The number of halogens is 2. The molecule has 4 nitrogen and oxygen atoms in total. The summed E-state index contributed by atoms with van der Waals surface area (Å²) in [6.45, 7) is 0. The van der Waals surface area contributed by atoms with Gasteiger partial charge < -0.3 is 5.73 Å². The highest BCUT2D eigenvalue weighted by Gasteiger charge is 2.10. The summed E-state index contributed by atoms with van der Waals surface area (Å²) in [5.41, 5.74) is 6.55. The van der Waals surface area contributed by atoms with Crippen LogP contribution in [-0.4, -0.2) is 9.55 Å². The van der Waals surface area contributed by atoms with Gasteiger partial charge in [-0.05, 0) is 18.2 Å². The van der Waals surface area contributed by atoms with Gasteiger partial charge in [-0.2, -0.15) is 5.26 Å². The lowest BCUT2D eigenvalue weighted by atomic mass is 10.3. The Morgan fingerprint density at radius 3 is 2.69 bits per heavy atom. The Hall–Kier alpha value is -1.70. The first kappa shape index (κ1) is 10.8. The third-order valence-corrected chi connectivity index (χ3v) is 2.62. The summed E-state index contributed by atoms with van der Waals surface area (Å²) in [7, 11) is 0. The smallest absolute Gasteiger partial charge is 0.182 e. The Kier molecular flexibility index (Phi) is 2.73. The number of imidazole rings is 1. The molecule has 0 saturated heterocycles. The largest absolute Gasteiger partial charge is 0.382 e. The van der Waals surface area contributed by atoms with Gasteiger partial charge in [0.1, 0.15) is 18.2 Å². The first-order valence-corrected chi connectivity index (χ1v) is 5.07. The van der Waals surface area contributed by atoms with E-state index in [1.807, 2.05) is 6.07 Å². The zero-order valence-corrected chi connectivity index (χ0v) is 9.50. The van der Waals surface area contributed by atoms with E-state index >= 15 is 0 Å². The van der Waals surface area contributed by atoms with Crippen molar-refractivity contribution < 1.29 is 0 Å². The molecule has 80 valence electrons. The number of hydrogen-bond donors (Lipinski definition) is 1. The molecule has 0 saturated carbocycles. The van der Waals surface area contributed by atoms with Gasteiger partial charge in [0.25, 0.3) is 0 Å². The van der Waals surface area contributed by atoms with Crippen molar-refractivity contribution in [2.75, 3.05) is 5.73 Å². The summed E-state index contributed by atoms with van der Waals surface area (Å²) in [6, 6.07) is 6.89. The van der Waals surface area contributed by atoms with Gasteiger partial charge >= 0.3 is 0 Å². The van der Waals surface area contributed by atoms with Crippen LogP contribution in [0.1, 0.15) is 5.69 Å². The van der Waals surface area contributed by atoms with Crippen molar-refractivity contribution in [2.24, 2.45) is 0 Å². The van der Waals surface area contributed by atoms with Crippen molar-refractivity contribution in [1.29, 1.82) is 5.26 Å². The molecule has 16 heavy (non-hydrogen) atoms. The first-order valence-electron chi connectivity index (χ1n) is 4.32. The molecule has 1 aromatic heterocycles. The molecule has 2 rings (SSSR count). The molecule has 2 N–H and O–H groups in total. The van der Waals surface area contributed by atoms with E-state index in [1.165, 1.54) is 10.9 Å². The number of aromatic nitrogens is 2. The summed E-state index contributed by atoms with van der Waals surface area (Å²) in [6.07, 6.45) is 1.45. The van der Waals surface area contributed by atoms with Gasteiger partial charge in [-0.1, -0.05) is 23.2 Å². The Bertz CT molecular complexity index is 583. The molecule has 2 aromatic rings. The summed E-state index contributed by atoms with van der Waals surface area (Å²) in [5, 5.41) is 9.71. The maximum Gasteiger partial charge on any atom is 0.182 e. The second-order valence-corrected chi connectivity index (χ2v) is 3.90.